The highest BCUT2D eigenvalue weighted by atomic mass is 14.2. The van der Waals surface area contributed by atoms with Gasteiger partial charge in [0.15, 0.2) is 0 Å². The molecule has 0 atom stereocenters. The second kappa shape index (κ2) is 8.33. The van der Waals surface area contributed by atoms with Crippen LogP contribution in [-0.4, -0.2) is 0 Å². The molecule has 0 nitrogen and oxygen atoms in total. The number of hydrogen-bond acceptors (Lipinski definition) is 0. The SMILES string of the molecule is CCC.CCc1c(C(C)C)cccc1C(C)C. The summed E-state index contributed by atoms with van der Waals surface area (Å²) in [6.45, 7) is 15.6. The summed E-state index contributed by atoms with van der Waals surface area (Å²) < 4.78 is 0. The van der Waals surface area contributed by atoms with E-state index in [4.69, 9.17) is 0 Å². The third-order valence-corrected chi connectivity index (χ3v) is 2.85. The fraction of sp³-hybridized carbons (Fsp3) is 0.647. The number of hydrogen-bond donors (Lipinski definition) is 0. The Morgan fingerprint density at radius 3 is 1.41 bits per heavy atom. The van der Waals surface area contributed by atoms with Crippen molar-refractivity contribution in [2.45, 2.75) is 73.1 Å². The lowest BCUT2D eigenvalue weighted by atomic mass is 9.87. The monoisotopic (exact) mass is 234 g/mol. The van der Waals surface area contributed by atoms with E-state index < -0.39 is 0 Å². The van der Waals surface area contributed by atoms with Crippen molar-refractivity contribution in [2.75, 3.05) is 0 Å². The molecular weight excluding hydrogens is 204 g/mol. The van der Waals surface area contributed by atoms with Gasteiger partial charge < -0.3 is 0 Å². The van der Waals surface area contributed by atoms with Crippen LogP contribution in [0, 0.1) is 0 Å². The summed E-state index contributed by atoms with van der Waals surface area (Å²) in [6, 6.07) is 6.74. The number of benzene rings is 1. The molecule has 0 spiro atoms. The largest absolute Gasteiger partial charge is 0.0656 e. The lowest BCUT2D eigenvalue weighted by Crippen LogP contribution is -2.01. The first-order valence-electron chi connectivity index (χ1n) is 7.11. The van der Waals surface area contributed by atoms with Crippen molar-refractivity contribution < 1.29 is 0 Å². The van der Waals surface area contributed by atoms with Gasteiger partial charge in [-0.05, 0) is 34.9 Å². The van der Waals surface area contributed by atoms with Gasteiger partial charge in [0.2, 0.25) is 0 Å². The van der Waals surface area contributed by atoms with Crippen LogP contribution in [0.15, 0.2) is 18.2 Å². The zero-order valence-corrected chi connectivity index (χ0v) is 12.8. The fourth-order valence-electron chi connectivity index (χ4n) is 2.11. The molecular formula is C17H30. The molecule has 0 aliphatic rings. The molecule has 0 heterocycles. The van der Waals surface area contributed by atoms with Crippen molar-refractivity contribution in [3.05, 3.63) is 34.9 Å². The van der Waals surface area contributed by atoms with Crippen LogP contribution < -0.4 is 0 Å². The molecule has 0 saturated heterocycles. The average molecular weight is 234 g/mol. The summed E-state index contributed by atoms with van der Waals surface area (Å²) >= 11 is 0. The smallest absolute Gasteiger partial charge is 0.0216 e. The van der Waals surface area contributed by atoms with E-state index in [0.717, 1.165) is 6.42 Å². The van der Waals surface area contributed by atoms with Crippen LogP contribution in [0.25, 0.3) is 0 Å². The van der Waals surface area contributed by atoms with Crippen LogP contribution >= 0.6 is 0 Å². The summed E-state index contributed by atoms with van der Waals surface area (Å²) in [7, 11) is 0. The maximum absolute atomic E-state index is 2.28. The Labute approximate surface area is 108 Å². The van der Waals surface area contributed by atoms with Gasteiger partial charge in [0.05, 0.1) is 0 Å². The lowest BCUT2D eigenvalue weighted by molar-refractivity contribution is 0.800. The van der Waals surface area contributed by atoms with Gasteiger partial charge in [0, 0.05) is 0 Å². The zero-order chi connectivity index (χ0) is 13.4. The molecule has 0 radical (unpaired) electrons. The van der Waals surface area contributed by atoms with Crippen LogP contribution in [0.3, 0.4) is 0 Å². The third kappa shape index (κ3) is 4.93. The summed E-state index contributed by atoms with van der Waals surface area (Å²) in [6.07, 6.45) is 2.40. The van der Waals surface area contributed by atoms with E-state index >= 15 is 0 Å². The quantitative estimate of drug-likeness (QED) is 0.609. The fourth-order valence-corrected chi connectivity index (χ4v) is 2.11. The van der Waals surface area contributed by atoms with Gasteiger partial charge in [-0.15, -0.1) is 0 Å². The van der Waals surface area contributed by atoms with Gasteiger partial charge in [-0.2, -0.15) is 0 Å². The van der Waals surface area contributed by atoms with Gasteiger partial charge in [-0.3, -0.25) is 0 Å². The maximum Gasteiger partial charge on any atom is -0.0216 e. The van der Waals surface area contributed by atoms with Gasteiger partial charge in [0.25, 0.3) is 0 Å². The minimum atomic E-state index is 0.642. The van der Waals surface area contributed by atoms with E-state index in [1.165, 1.54) is 17.5 Å². The molecule has 0 N–H and O–H groups in total. The highest BCUT2D eigenvalue weighted by Crippen LogP contribution is 2.27. The standard InChI is InChI=1S/C14H22.C3H8/c1-6-12-13(10(2)3)8-7-9-14(12)11(4)5;1-3-2/h7-11H,6H2,1-5H3;3H2,1-2H3. The van der Waals surface area contributed by atoms with E-state index in [1.807, 2.05) is 0 Å². The molecule has 0 fully saturated rings. The third-order valence-electron chi connectivity index (χ3n) is 2.85. The Hall–Kier alpha value is -0.780. The molecule has 98 valence electrons. The summed E-state index contributed by atoms with van der Waals surface area (Å²) in [4.78, 5) is 0. The molecule has 0 bridgehead atoms. The normalized spacial score (nSPS) is 10.4. The minimum Gasteiger partial charge on any atom is -0.0656 e. The van der Waals surface area contributed by atoms with Crippen LogP contribution in [0.2, 0.25) is 0 Å². The maximum atomic E-state index is 2.28. The topological polar surface area (TPSA) is 0 Å². The Kier molecular flexibility index (Phi) is 7.95. The predicted octanol–water partition coefficient (Wildman–Crippen LogP) is 5.91. The van der Waals surface area contributed by atoms with E-state index in [-0.39, 0.29) is 0 Å². The zero-order valence-electron chi connectivity index (χ0n) is 12.8. The van der Waals surface area contributed by atoms with Gasteiger partial charge >= 0.3 is 0 Å². The summed E-state index contributed by atoms with van der Waals surface area (Å²) in [5, 5.41) is 0. The first-order chi connectivity index (χ1) is 7.99. The lowest BCUT2D eigenvalue weighted by Gasteiger charge is -2.18. The van der Waals surface area contributed by atoms with Crippen LogP contribution in [0.5, 0.6) is 0 Å². The van der Waals surface area contributed by atoms with Gasteiger partial charge in [0.1, 0.15) is 0 Å². The van der Waals surface area contributed by atoms with E-state index in [0.29, 0.717) is 11.8 Å². The Morgan fingerprint density at radius 2 is 1.18 bits per heavy atom. The number of rotatable bonds is 3. The second-order valence-corrected chi connectivity index (χ2v) is 5.29. The Morgan fingerprint density at radius 1 is 0.824 bits per heavy atom. The molecule has 0 aliphatic carbocycles. The van der Waals surface area contributed by atoms with Crippen molar-refractivity contribution in [3.8, 4) is 0 Å². The molecule has 0 saturated carbocycles. The average Bonchev–Trinajstić information content (AvgIpc) is 2.28. The molecule has 1 rings (SSSR count). The van der Waals surface area contributed by atoms with Crippen molar-refractivity contribution in [3.63, 3.8) is 0 Å². The van der Waals surface area contributed by atoms with Crippen molar-refractivity contribution >= 4 is 0 Å². The second-order valence-electron chi connectivity index (χ2n) is 5.29. The van der Waals surface area contributed by atoms with Crippen LogP contribution in [0.4, 0.5) is 0 Å². The molecule has 0 amide bonds. The van der Waals surface area contributed by atoms with E-state index in [1.54, 1.807) is 5.56 Å². The van der Waals surface area contributed by atoms with E-state index in [9.17, 15) is 0 Å². The van der Waals surface area contributed by atoms with Gasteiger partial charge in [-0.25, -0.2) is 0 Å². The van der Waals surface area contributed by atoms with Crippen molar-refractivity contribution in [1.82, 2.24) is 0 Å². The Bertz CT molecular complexity index is 282. The Balaban J connectivity index is 0.000000770. The highest BCUT2D eigenvalue weighted by Gasteiger charge is 2.11. The van der Waals surface area contributed by atoms with Crippen LogP contribution in [0.1, 0.15) is 83.4 Å². The predicted molar refractivity (Wildman–Crippen MR) is 80.0 cm³/mol. The molecule has 17 heavy (non-hydrogen) atoms. The molecule has 0 unspecified atom stereocenters. The summed E-state index contributed by atoms with van der Waals surface area (Å²) in [5.41, 5.74) is 4.62. The van der Waals surface area contributed by atoms with Gasteiger partial charge in [-0.1, -0.05) is 73.1 Å². The van der Waals surface area contributed by atoms with E-state index in [2.05, 4.69) is 66.7 Å². The molecule has 0 heteroatoms. The molecule has 1 aromatic rings. The first kappa shape index (κ1) is 16.2. The van der Waals surface area contributed by atoms with Crippen molar-refractivity contribution in [2.24, 2.45) is 0 Å². The first-order valence-corrected chi connectivity index (χ1v) is 7.11. The molecule has 0 aliphatic heterocycles. The minimum absolute atomic E-state index is 0.642. The van der Waals surface area contributed by atoms with Crippen LogP contribution in [-0.2, 0) is 6.42 Å². The highest BCUT2D eigenvalue weighted by molar-refractivity contribution is 5.38. The van der Waals surface area contributed by atoms with Crippen molar-refractivity contribution in [1.29, 1.82) is 0 Å². The molecule has 0 aromatic heterocycles. The summed E-state index contributed by atoms with van der Waals surface area (Å²) in [5.74, 6) is 1.28. The molecule has 1 aromatic carbocycles.